The SMILES string of the molecule is Cc1ccc(Cl)cc1NC(=O)CCCN1C(=O)C2CCC(C)(C1=O)C2(C)C. The van der Waals surface area contributed by atoms with E-state index in [1.165, 1.54) is 4.90 Å². The molecule has 1 heterocycles. The number of rotatable bonds is 5. The Balaban J connectivity index is 1.59. The maximum Gasteiger partial charge on any atom is 0.235 e. The molecule has 5 nitrogen and oxygen atoms in total. The molecule has 27 heavy (non-hydrogen) atoms. The zero-order valence-corrected chi connectivity index (χ0v) is 17.2. The van der Waals surface area contributed by atoms with Crippen LogP contribution < -0.4 is 5.32 Å². The van der Waals surface area contributed by atoms with Crippen LogP contribution in [-0.4, -0.2) is 29.2 Å². The molecule has 6 heteroatoms. The normalized spacial score (nSPS) is 26.4. The lowest BCUT2D eigenvalue weighted by Crippen LogP contribution is -2.59. The quantitative estimate of drug-likeness (QED) is 0.767. The van der Waals surface area contributed by atoms with Gasteiger partial charge in [-0.1, -0.05) is 38.4 Å². The van der Waals surface area contributed by atoms with E-state index in [1.807, 2.05) is 33.8 Å². The number of amides is 3. The highest BCUT2D eigenvalue weighted by Crippen LogP contribution is 2.60. The highest BCUT2D eigenvalue weighted by atomic mass is 35.5. The number of nitrogens with one attached hydrogen (secondary N) is 1. The van der Waals surface area contributed by atoms with E-state index in [-0.39, 0.29) is 35.5 Å². The van der Waals surface area contributed by atoms with Gasteiger partial charge in [-0.3, -0.25) is 19.3 Å². The van der Waals surface area contributed by atoms with Crippen LogP contribution in [0.25, 0.3) is 0 Å². The van der Waals surface area contributed by atoms with Gasteiger partial charge in [-0.25, -0.2) is 0 Å². The second-order valence-electron chi connectivity index (χ2n) is 8.55. The van der Waals surface area contributed by atoms with E-state index in [1.54, 1.807) is 12.1 Å². The summed E-state index contributed by atoms with van der Waals surface area (Å²) < 4.78 is 0. The third kappa shape index (κ3) is 3.27. The molecule has 1 saturated heterocycles. The van der Waals surface area contributed by atoms with Crippen LogP contribution in [0.1, 0.15) is 52.0 Å². The molecule has 0 radical (unpaired) electrons. The van der Waals surface area contributed by atoms with E-state index in [2.05, 4.69) is 5.32 Å². The zero-order chi connectivity index (χ0) is 20.0. The van der Waals surface area contributed by atoms with Crippen molar-refractivity contribution in [3.05, 3.63) is 28.8 Å². The van der Waals surface area contributed by atoms with Gasteiger partial charge in [0, 0.05) is 29.6 Å². The van der Waals surface area contributed by atoms with Crippen molar-refractivity contribution in [2.45, 2.75) is 53.4 Å². The monoisotopic (exact) mass is 390 g/mol. The summed E-state index contributed by atoms with van der Waals surface area (Å²) in [6, 6.07) is 5.34. The molecule has 1 aliphatic heterocycles. The molecule has 0 aromatic heterocycles. The number of hydrogen-bond acceptors (Lipinski definition) is 3. The minimum atomic E-state index is -0.494. The molecule has 0 spiro atoms. The number of hydrogen-bond donors (Lipinski definition) is 1. The molecule has 1 aliphatic carbocycles. The number of nitrogens with zero attached hydrogens (tertiary/aromatic N) is 1. The summed E-state index contributed by atoms with van der Waals surface area (Å²) in [6.07, 6.45) is 2.21. The second-order valence-corrected chi connectivity index (χ2v) is 8.99. The van der Waals surface area contributed by atoms with Gasteiger partial charge in [0.05, 0.1) is 5.41 Å². The maximum atomic E-state index is 13.0. The smallest absolute Gasteiger partial charge is 0.235 e. The number of anilines is 1. The van der Waals surface area contributed by atoms with Gasteiger partial charge < -0.3 is 5.32 Å². The van der Waals surface area contributed by atoms with Gasteiger partial charge in [0.2, 0.25) is 17.7 Å². The van der Waals surface area contributed by atoms with Crippen LogP contribution >= 0.6 is 11.6 Å². The maximum absolute atomic E-state index is 13.0. The molecule has 2 bridgehead atoms. The Kier molecular flexibility index (Phi) is 5.10. The zero-order valence-electron chi connectivity index (χ0n) is 16.4. The van der Waals surface area contributed by atoms with Gasteiger partial charge >= 0.3 is 0 Å². The Bertz CT molecular complexity index is 805. The van der Waals surface area contributed by atoms with Gasteiger partial charge in [-0.05, 0) is 49.3 Å². The fourth-order valence-electron chi connectivity index (χ4n) is 4.45. The van der Waals surface area contributed by atoms with Gasteiger partial charge in [-0.15, -0.1) is 0 Å². The number of likely N-dealkylation sites (tertiary alicyclic amines) is 1. The van der Waals surface area contributed by atoms with E-state index in [0.29, 0.717) is 23.7 Å². The Morgan fingerprint density at radius 3 is 2.70 bits per heavy atom. The number of carbonyl (C=O) groups excluding carboxylic acids is 3. The van der Waals surface area contributed by atoms with Crippen molar-refractivity contribution in [2.24, 2.45) is 16.7 Å². The second kappa shape index (κ2) is 6.93. The first-order chi connectivity index (χ1) is 12.6. The van der Waals surface area contributed by atoms with E-state index in [9.17, 15) is 14.4 Å². The third-order valence-corrected chi connectivity index (χ3v) is 7.00. The van der Waals surface area contributed by atoms with E-state index in [4.69, 9.17) is 11.6 Å². The summed E-state index contributed by atoms with van der Waals surface area (Å²) in [4.78, 5) is 39.4. The van der Waals surface area contributed by atoms with Gasteiger partial charge in [0.15, 0.2) is 0 Å². The summed E-state index contributed by atoms with van der Waals surface area (Å²) in [5.74, 6) is -0.418. The van der Waals surface area contributed by atoms with Crippen molar-refractivity contribution >= 4 is 35.0 Å². The fourth-order valence-corrected chi connectivity index (χ4v) is 4.62. The first-order valence-electron chi connectivity index (χ1n) is 9.50. The van der Waals surface area contributed by atoms with Gasteiger partial charge in [0.25, 0.3) is 0 Å². The van der Waals surface area contributed by atoms with Crippen molar-refractivity contribution < 1.29 is 14.4 Å². The average Bonchev–Trinajstić information content (AvgIpc) is 2.78. The summed E-state index contributed by atoms with van der Waals surface area (Å²) in [6.45, 7) is 8.22. The first-order valence-corrected chi connectivity index (χ1v) is 9.87. The minimum Gasteiger partial charge on any atom is -0.326 e. The highest BCUT2D eigenvalue weighted by molar-refractivity contribution is 6.31. The number of aryl methyl sites for hydroxylation is 1. The number of imide groups is 1. The van der Waals surface area contributed by atoms with E-state index in [0.717, 1.165) is 18.4 Å². The summed E-state index contributed by atoms with van der Waals surface area (Å²) >= 11 is 5.97. The largest absolute Gasteiger partial charge is 0.326 e. The lowest BCUT2D eigenvalue weighted by molar-refractivity contribution is -0.168. The van der Waals surface area contributed by atoms with Crippen LogP contribution in [0.5, 0.6) is 0 Å². The number of benzene rings is 1. The molecule has 1 aromatic carbocycles. The lowest BCUT2D eigenvalue weighted by atomic mass is 9.62. The summed E-state index contributed by atoms with van der Waals surface area (Å²) in [5.41, 5.74) is 0.816. The molecule has 1 saturated carbocycles. The molecule has 2 unspecified atom stereocenters. The van der Waals surface area contributed by atoms with E-state index >= 15 is 0 Å². The molecule has 2 atom stereocenters. The Morgan fingerprint density at radius 1 is 1.30 bits per heavy atom. The van der Waals surface area contributed by atoms with Crippen LogP contribution in [-0.2, 0) is 14.4 Å². The topological polar surface area (TPSA) is 66.5 Å². The van der Waals surface area contributed by atoms with Crippen molar-refractivity contribution in [3.63, 3.8) is 0 Å². The number of halogens is 1. The van der Waals surface area contributed by atoms with Crippen LogP contribution in [0.3, 0.4) is 0 Å². The van der Waals surface area contributed by atoms with Crippen LogP contribution in [0.2, 0.25) is 5.02 Å². The highest BCUT2D eigenvalue weighted by Gasteiger charge is 2.64. The number of piperidine rings is 1. The number of fused-ring (bicyclic) bond motifs is 2. The predicted octanol–water partition coefficient (Wildman–Crippen LogP) is 4.18. The van der Waals surface area contributed by atoms with Crippen molar-refractivity contribution in [1.82, 2.24) is 4.90 Å². The fraction of sp³-hybridized carbons (Fsp3) is 0.571. The Labute approximate surface area is 165 Å². The Morgan fingerprint density at radius 2 is 2.00 bits per heavy atom. The number of carbonyl (C=O) groups is 3. The molecule has 1 aromatic rings. The van der Waals surface area contributed by atoms with Crippen LogP contribution in [0, 0.1) is 23.7 Å². The standard InChI is InChI=1S/C21H27ClN2O3/c1-13-7-8-14(22)12-16(13)23-17(25)6-5-11-24-18(26)15-9-10-21(4,19(24)27)20(15,2)3/h7-8,12,15H,5-6,9-11H2,1-4H3,(H,23,25). The minimum absolute atomic E-state index is 0.0777. The lowest BCUT2D eigenvalue weighted by Gasteiger charge is -2.47. The molecule has 3 amide bonds. The molecule has 3 rings (SSSR count). The van der Waals surface area contributed by atoms with Crippen LogP contribution in [0.15, 0.2) is 18.2 Å². The molecule has 2 aliphatic rings. The molecule has 1 N–H and O–H groups in total. The van der Waals surface area contributed by atoms with Crippen molar-refractivity contribution in [3.8, 4) is 0 Å². The molecular weight excluding hydrogens is 364 g/mol. The van der Waals surface area contributed by atoms with Crippen LogP contribution in [0.4, 0.5) is 5.69 Å². The molecular formula is C21H27ClN2O3. The van der Waals surface area contributed by atoms with E-state index < -0.39 is 5.41 Å². The Hall–Kier alpha value is -1.88. The first kappa shape index (κ1) is 19.9. The summed E-state index contributed by atoms with van der Waals surface area (Å²) in [5, 5.41) is 3.41. The predicted molar refractivity (Wildman–Crippen MR) is 105 cm³/mol. The van der Waals surface area contributed by atoms with Gasteiger partial charge in [0.1, 0.15) is 0 Å². The molecule has 2 fully saturated rings. The third-order valence-electron chi connectivity index (χ3n) is 6.77. The van der Waals surface area contributed by atoms with Crippen molar-refractivity contribution in [1.29, 1.82) is 0 Å². The molecule has 146 valence electrons. The van der Waals surface area contributed by atoms with Crippen molar-refractivity contribution in [2.75, 3.05) is 11.9 Å². The summed E-state index contributed by atoms with van der Waals surface area (Å²) in [7, 11) is 0. The van der Waals surface area contributed by atoms with Gasteiger partial charge in [-0.2, -0.15) is 0 Å². The average molecular weight is 391 g/mol.